The second-order valence-corrected chi connectivity index (χ2v) is 10.8. The average Bonchev–Trinajstić information content (AvgIpc) is 3.58. The minimum absolute atomic E-state index is 0.102. The van der Waals surface area contributed by atoms with E-state index in [1.54, 1.807) is 17.0 Å². The van der Waals surface area contributed by atoms with Crippen LogP contribution in [-0.4, -0.2) is 32.6 Å². The van der Waals surface area contributed by atoms with E-state index >= 15 is 0 Å². The molecule has 1 aliphatic rings. The number of hydrogen-bond donors (Lipinski definition) is 3. The number of rotatable bonds is 8. The number of anilines is 3. The van der Waals surface area contributed by atoms with Gasteiger partial charge in [-0.3, -0.25) is 15.0 Å². The van der Waals surface area contributed by atoms with E-state index < -0.39 is 0 Å². The molecule has 0 radical (unpaired) electrons. The number of nitrogens with one attached hydrogen (secondary N) is 3. The summed E-state index contributed by atoms with van der Waals surface area (Å²) in [6.45, 7) is 0.319. The fourth-order valence-electron chi connectivity index (χ4n) is 5.57. The van der Waals surface area contributed by atoms with Gasteiger partial charge in [0.15, 0.2) is 0 Å². The maximum Gasteiger partial charge on any atom is 0.326 e. The lowest BCUT2D eigenvalue weighted by Crippen LogP contribution is -2.34. The van der Waals surface area contributed by atoms with Crippen molar-refractivity contribution in [1.82, 2.24) is 20.6 Å². The second kappa shape index (κ2) is 13.1. The van der Waals surface area contributed by atoms with Crippen LogP contribution in [0.5, 0.6) is 0 Å². The Labute approximate surface area is 250 Å². The van der Waals surface area contributed by atoms with E-state index in [9.17, 15) is 9.59 Å². The monoisotopic (exact) mass is 571 g/mol. The Morgan fingerprint density at radius 1 is 0.791 bits per heavy atom. The summed E-state index contributed by atoms with van der Waals surface area (Å²) < 4.78 is 0. The predicted octanol–water partition coefficient (Wildman–Crippen LogP) is 7.41. The van der Waals surface area contributed by atoms with Crippen molar-refractivity contribution in [3.8, 4) is 11.1 Å². The summed E-state index contributed by atoms with van der Waals surface area (Å²) in [5.74, 6) is 0.334. The number of aromatic nitrogens is 4. The highest BCUT2D eigenvalue weighted by atomic mass is 16.2. The zero-order chi connectivity index (χ0) is 29.4. The molecule has 216 valence electrons. The Balaban J connectivity index is 1.23. The molecule has 0 aliphatic heterocycles. The first-order valence-electron chi connectivity index (χ1n) is 14.6. The number of nitrogens with zero attached hydrogens (tertiary/aromatic N) is 4. The van der Waals surface area contributed by atoms with Crippen molar-refractivity contribution in [3.63, 3.8) is 0 Å². The number of H-pyrrole nitrogens is 1. The van der Waals surface area contributed by atoms with E-state index in [1.807, 2.05) is 78.9 Å². The Morgan fingerprint density at radius 2 is 1.53 bits per heavy atom. The van der Waals surface area contributed by atoms with Crippen LogP contribution < -0.4 is 15.5 Å². The minimum Gasteiger partial charge on any atom is -0.308 e. The quantitative estimate of drug-likeness (QED) is 0.179. The molecule has 6 rings (SSSR count). The number of benzene rings is 4. The van der Waals surface area contributed by atoms with Crippen LogP contribution in [0.2, 0.25) is 0 Å². The fourth-order valence-corrected chi connectivity index (χ4v) is 5.57. The van der Waals surface area contributed by atoms with Gasteiger partial charge in [0.05, 0.1) is 6.54 Å². The smallest absolute Gasteiger partial charge is 0.308 e. The van der Waals surface area contributed by atoms with Gasteiger partial charge in [-0.15, -0.1) is 5.10 Å². The van der Waals surface area contributed by atoms with Gasteiger partial charge in [0.1, 0.15) is 0 Å². The molecule has 1 fully saturated rings. The highest BCUT2D eigenvalue weighted by Gasteiger charge is 2.20. The van der Waals surface area contributed by atoms with Gasteiger partial charge in [0.2, 0.25) is 0 Å². The summed E-state index contributed by atoms with van der Waals surface area (Å²) in [5, 5.41) is 19.0. The molecule has 0 spiro atoms. The predicted molar refractivity (Wildman–Crippen MR) is 168 cm³/mol. The van der Waals surface area contributed by atoms with Gasteiger partial charge in [-0.1, -0.05) is 91.1 Å². The van der Waals surface area contributed by atoms with Crippen molar-refractivity contribution in [3.05, 3.63) is 120 Å². The topological polar surface area (TPSA) is 116 Å². The van der Waals surface area contributed by atoms with E-state index in [4.69, 9.17) is 0 Å². The number of tetrazole rings is 1. The van der Waals surface area contributed by atoms with Crippen LogP contribution in [0.25, 0.3) is 11.1 Å². The Morgan fingerprint density at radius 3 is 2.26 bits per heavy atom. The van der Waals surface area contributed by atoms with E-state index in [1.165, 1.54) is 37.7 Å². The third-order valence-corrected chi connectivity index (χ3v) is 7.87. The largest absolute Gasteiger partial charge is 0.326 e. The van der Waals surface area contributed by atoms with E-state index in [0.717, 1.165) is 22.4 Å². The SMILES string of the molecule is O=C(Nc1nn[nH]n1)c1ccc(CN(C(=O)Nc2cccc(-c3ccccc3)c2)c2ccc(C3CCCCC3)cc2)cc1. The second-order valence-electron chi connectivity index (χ2n) is 10.8. The summed E-state index contributed by atoms with van der Waals surface area (Å²) in [4.78, 5) is 28.1. The van der Waals surface area contributed by atoms with Crippen LogP contribution in [0, 0.1) is 0 Å². The number of hydrogen-bond acceptors (Lipinski definition) is 5. The maximum atomic E-state index is 13.8. The van der Waals surface area contributed by atoms with Gasteiger partial charge in [0, 0.05) is 16.9 Å². The first kappa shape index (κ1) is 27.8. The maximum absolute atomic E-state index is 13.8. The van der Waals surface area contributed by atoms with Crippen molar-refractivity contribution >= 4 is 29.3 Å². The molecule has 43 heavy (non-hydrogen) atoms. The Bertz CT molecular complexity index is 1650. The first-order valence-corrected chi connectivity index (χ1v) is 14.6. The molecule has 4 aromatic carbocycles. The highest BCUT2D eigenvalue weighted by molar-refractivity contribution is 6.03. The molecular weight excluding hydrogens is 538 g/mol. The summed E-state index contributed by atoms with van der Waals surface area (Å²) in [7, 11) is 0. The molecule has 1 saturated carbocycles. The molecule has 0 bridgehead atoms. The molecule has 9 nitrogen and oxygen atoms in total. The normalized spacial score (nSPS) is 13.3. The van der Waals surface area contributed by atoms with Crippen LogP contribution >= 0.6 is 0 Å². The summed E-state index contributed by atoms with van der Waals surface area (Å²) in [6.07, 6.45) is 6.28. The van der Waals surface area contributed by atoms with Gasteiger partial charge in [-0.05, 0) is 82.6 Å². The van der Waals surface area contributed by atoms with Crippen molar-refractivity contribution in [2.75, 3.05) is 15.5 Å². The van der Waals surface area contributed by atoms with Gasteiger partial charge >= 0.3 is 6.03 Å². The third kappa shape index (κ3) is 6.95. The molecular formula is C34H33N7O2. The van der Waals surface area contributed by atoms with Gasteiger partial charge < -0.3 is 5.32 Å². The van der Waals surface area contributed by atoms with Crippen LogP contribution in [0.4, 0.5) is 22.1 Å². The van der Waals surface area contributed by atoms with Crippen LogP contribution in [0.1, 0.15) is 59.5 Å². The van der Waals surface area contributed by atoms with Gasteiger partial charge in [-0.25, -0.2) is 4.79 Å². The van der Waals surface area contributed by atoms with E-state index in [2.05, 4.69) is 43.4 Å². The number of urea groups is 1. The zero-order valence-corrected chi connectivity index (χ0v) is 23.7. The molecule has 1 aromatic heterocycles. The third-order valence-electron chi connectivity index (χ3n) is 7.87. The lowest BCUT2D eigenvalue weighted by atomic mass is 9.84. The molecule has 0 unspecified atom stereocenters. The van der Waals surface area contributed by atoms with E-state index in [-0.39, 0.29) is 17.9 Å². The van der Waals surface area contributed by atoms with Crippen molar-refractivity contribution in [2.24, 2.45) is 0 Å². The number of amides is 3. The van der Waals surface area contributed by atoms with Crippen molar-refractivity contribution in [2.45, 2.75) is 44.6 Å². The average molecular weight is 572 g/mol. The lowest BCUT2D eigenvalue weighted by molar-refractivity contribution is 0.102. The Kier molecular flexibility index (Phi) is 8.49. The molecule has 1 heterocycles. The number of aromatic amines is 1. The van der Waals surface area contributed by atoms with E-state index in [0.29, 0.717) is 23.7 Å². The van der Waals surface area contributed by atoms with Crippen LogP contribution in [0.15, 0.2) is 103 Å². The molecule has 3 N–H and O–H groups in total. The van der Waals surface area contributed by atoms with Crippen LogP contribution in [0.3, 0.4) is 0 Å². The van der Waals surface area contributed by atoms with Crippen molar-refractivity contribution in [1.29, 1.82) is 0 Å². The summed E-state index contributed by atoms with van der Waals surface area (Å²) in [5.41, 5.74) is 6.27. The van der Waals surface area contributed by atoms with Gasteiger partial charge in [0.25, 0.3) is 11.9 Å². The van der Waals surface area contributed by atoms with Gasteiger partial charge in [-0.2, -0.15) is 5.21 Å². The molecule has 9 heteroatoms. The Hall–Kier alpha value is -5.31. The molecule has 0 atom stereocenters. The molecule has 5 aromatic rings. The minimum atomic E-state index is -0.348. The zero-order valence-electron chi connectivity index (χ0n) is 23.7. The summed E-state index contributed by atoms with van der Waals surface area (Å²) in [6, 6.07) is 33.2. The molecule has 1 aliphatic carbocycles. The molecule has 3 amide bonds. The van der Waals surface area contributed by atoms with Crippen LogP contribution in [-0.2, 0) is 6.54 Å². The first-order chi connectivity index (χ1) is 21.1. The number of carbonyl (C=O) groups is 2. The lowest BCUT2D eigenvalue weighted by Gasteiger charge is -2.26. The number of carbonyl (C=O) groups excluding carboxylic acids is 2. The van der Waals surface area contributed by atoms with Crippen molar-refractivity contribution < 1.29 is 9.59 Å². The fraction of sp³-hybridized carbons (Fsp3) is 0.206. The molecule has 0 saturated heterocycles. The standard InChI is InChI=1S/C34H33N7O2/c42-32(36-33-37-39-40-38-33)28-16-14-24(15-17-28)23-41(31-20-18-27(19-21-31)25-8-3-1-4-9-25)34(43)35-30-13-7-12-29(22-30)26-10-5-2-6-11-26/h2,5-7,10-22,25H,1,3-4,8-9,23H2,(H,35,43)(H2,36,37,38,39,40,42). The summed E-state index contributed by atoms with van der Waals surface area (Å²) >= 11 is 0. The highest BCUT2D eigenvalue weighted by Crippen LogP contribution is 2.34.